The molecule has 28 heavy (non-hydrogen) atoms. The average Bonchev–Trinajstić information content (AvgIpc) is 3.29. The Hall–Kier alpha value is -2.16. The molecule has 2 heterocycles. The number of nitrogens with zero attached hydrogens (tertiary/aromatic N) is 2. The molecular weight excluding hydrogens is 394 g/mol. The van der Waals surface area contributed by atoms with Gasteiger partial charge in [0.05, 0.1) is 10.9 Å². The number of fused-ring (bicyclic) bond motifs is 1. The van der Waals surface area contributed by atoms with E-state index >= 15 is 0 Å². The third kappa shape index (κ3) is 3.85. The number of carbonyl (C=O) groups excluding carboxylic acids is 1. The first-order chi connectivity index (χ1) is 13.3. The van der Waals surface area contributed by atoms with E-state index in [1.165, 1.54) is 18.4 Å². The second-order valence-electron chi connectivity index (χ2n) is 6.93. The zero-order valence-electron chi connectivity index (χ0n) is 16.5. The van der Waals surface area contributed by atoms with Gasteiger partial charge < -0.3 is 9.88 Å². The highest BCUT2D eigenvalue weighted by Gasteiger charge is 2.21. The topological polar surface area (TPSA) is 71.4 Å². The van der Waals surface area contributed by atoms with Crippen molar-refractivity contribution in [2.75, 3.05) is 14.1 Å². The van der Waals surface area contributed by atoms with Crippen molar-refractivity contribution >= 4 is 38.2 Å². The second kappa shape index (κ2) is 8.06. The number of hydrogen-bond donors (Lipinski definition) is 1. The predicted octanol–water partition coefficient (Wildman–Crippen LogP) is 3.76. The van der Waals surface area contributed by atoms with Crippen molar-refractivity contribution in [3.63, 3.8) is 0 Å². The number of amides is 1. The SMILES string of the molecule is CCC[C@@H](NC(=O)c1cc2cc(S(=O)(=O)N(C)C)ccc2n1C)c1cccs1. The Bertz CT molecular complexity index is 1080. The van der Waals surface area contributed by atoms with E-state index < -0.39 is 10.0 Å². The lowest BCUT2D eigenvalue weighted by Crippen LogP contribution is -2.29. The van der Waals surface area contributed by atoms with E-state index in [0.717, 1.165) is 28.6 Å². The molecule has 3 rings (SSSR count). The van der Waals surface area contributed by atoms with Gasteiger partial charge in [-0.15, -0.1) is 11.3 Å². The molecule has 6 nitrogen and oxygen atoms in total. The average molecular weight is 420 g/mol. The van der Waals surface area contributed by atoms with E-state index in [0.29, 0.717) is 5.69 Å². The Kier molecular flexibility index (Phi) is 5.92. The van der Waals surface area contributed by atoms with Crippen LogP contribution >= 0.6 is 11.3 Å². The van der Waals surface area contributed by atoms with E-state index in [9.17, 15) is 13.2 Å². The molecule has 0 saturated heterocycles. The van der Waals surface area contributed by atoms with Crippen molar-refractivity contribution in [3.05, 3.63) is 52.3 Å². The summed E-state index contributed by atoms with van der Waals surface area (Å²) in [5.41, 5.74) is 1.32. The van der Waals surface area contributed by atoms with Crippen LogP contribution in [0.2, 0.25) is 0 Å². The van der Waals surface area contributed by atoms with Gasteiger partial charge in [-0.3, -0.25) is 4.79 Å². The molecule has 0 unspecified atom stereocenters. The van der Waals surface area contributed by atoms with Crippen LogP contribution in [0.3, 0.4) is 0 Å². The van der Waals surface area contributed by atoms with Gasteiger partial charge in [0.15, 0.2) is 0 Å². The van der Waals surface area contributed by atoms with Gasteiger partial charge >= 0.3 is 0 Å². The molecule has 0 aliphatic rings. The van der Waals surface area contributed by atoms with Gasteiger partial charge in [0.1, 0.15) is 5.69 Å². The molecule has 0 aliphatic carbocycles. The van der Waals surface area contributed by atoms with Crippen LogP contribution in [0.25, 0.3) is 10.9 Å². The Labute approximate surface area is 169 Å². The summed E-state index contributed by atoms with van der Waals surface area (Å²) in [6, 6.07) is 10.7. The molecule has 2 aromatic heterocycles. The number of benzene rings is 1. The van der Waals surface area contributed by atoms with Crippen LogP contribution in [0.4, 0.5) is 0 Å². The highest BCUT2D eigenvalue weighted by molar-refractivity contribution is 7.89. The number of thiophene rings is 1. The number of hydrogen-bond acceptors (Lipinski definition) is 4. The van der Waals surface area contributed by atoms with Crippen LogP contribution in [0.1, 0.15) is 41.2 Å². The molecule has 0 saturated carbocycles. The van der Waals surface area contributed by atoms with E-state index in [2.05, 4.69) is 12.2 Å². The van der Waals surface area contributed by atoms with E-state index in [1.807, 2.05) is 24.6 Å². The normalized spacial score (nSPS) is 13.2. The number of sulfonamides is 1. The van der Waals surface area contributed by atoms with Crippen molar-refractivity contribution in [1.82, 2.24) is 14.2 Å². The fourth-order valence-electron chi connectivity index (χ4n) is 3.21. The van der Waals surface area contributed by atoms with Crippen LogP contribution in [-0.2, 0) is 17.1 Å². The van der Waals surface area contributed by atoms with Gasteiger partial charge in [-0.05, 0) is 42.1 Å². The maximum Gasteiger partial charge on any atom is 0.268 e. The Balaban J connectivity index is 1.94. The van der Waals surface area contributed by atoms with Gasteiger partial charge in [0, 0.05) is 36.9 Å². The van der Waals surface area contributed by atoms with Crippen LogP contribution in [-0.4, -0.2) is 37.3 Å². The highest BCUT2D eigenvalue weighted by Crippen LogP contribution is 2.26. The largest absolute Gasteiger partial charge is 0.343 e. The molecule has 0 spiro atoms. The Morgan fingerprint density at radius 3 is 2.61 bits per heavy atom. The molecule has 1 N–H and O–H groups in total. The molecule has 1 amide bonds. The number of rotatable bonds is 7. The second-order valence-corrected chi connectivity index (χ2v) is 10.1. The fourth-order valence-corrected chi connectivity index (χ4v) is 4.96. The molecule has 0 fully saturated rings. The third-order valence-corrected chi connectivity index (χ3v) is 7.59. The molecule has 1 aromatic carbocycles. The molecule has 0 radical (unpaired) electrons. The van der Waals surface area contributed by atoms with Crippen molar-refractivity contribution in [3.8, 4) is 0 Å². The number of aryl methyl sites for hydroxylation is 1. The van der Waals surface area contributed by atoms with Crippen LogP contribution in [0.15, 0.2) is 46.7 Å². The summed E-state index contributed by atoms with van der Waals surface area (Å²) in [6.45, 7) is 2.09. The summed E-state index contributed by atoms with van der Waals surface area (Å²) in [5, 5.41) is 5.85. The lowest BCUT2D eigenvalue weighted by atomic mass is 10.1. The maximum absolute atomic E-state index is 13.0. The third-order valence-electron chi connectivity index (χ3n) is 4.79. The molecule has 0 bridgehead atoms. The lowest BCUT2D eigenvalue weighted by Gasteiger charge is -2.17. The minimum atomic E-state index is -3.52. The minimum absolute atomic E-state index is 0.0276. The van der Waals surface area contributed by atoms with E-state index in [1.54, 1.807) is 40.2 Å². The maximum atomic E-state index is 13.0. The number of nitrogens with one attached hydrogen (secondary N) is 1. The summed E-state index contributed by atoms with van der Waals surface area (Å²) in [5.74, 6) is -0.164. The van der Waals surface area contributed by atoms with Crippen LogP contribution in [0, 0.1) is 0 Å². The first-order valence-electron chi connectivity index (χ1n) is 9.12. The van der Waals surface area contributed by atoms with Crippen LogP contribution < -0.4 is 5.32 Å². The first kappa shape index (κ1) is 20.6. The van der Waals surface area contributed by atoms with Crippen molar-refractivity contribution < 1.29 is 13.2 Å². The molecule has 3 aromatic rings. The van der Waals surface area contributed by atoms with Crippen molar-refractivity contribution in [2.24, 2.45) is 7.05 Å². The van der Waals surface area contributed by atoms with Gasteiger partial charge in [-0.25, -0.2) is 12.7 Å². The fraction of sp³-hybridized carbons (Fsp3) is 0.350. The lowest BCUT2D eigenvalue weighted by molar-refractivity contribution is 0.0927. The van der Waals surface area contributed by atoms with Crippen LogP contribution in [0.5, 0.6) is 0 Å². The van der Waals surface area contributed by atoms with Gasteiger partial charge in [0.2, 0.25) is 10.0 Å². The standard InChI is InChI=1S/C20H25N3O3S2/c1-5-7-16(19-8-6-11-27-19)21-20(24)18-13-14-12-15(28(25,26)22(2)3)9-10-17(14)23(18)4/h6,8-13,16H,5,7H2,1-4H3,(H,21,24)/t16-/m1/s1. The van der Waals surface area contributed by atoms with Gasteiger partial charge in [-0.1, -0.05) is 19.4 Å². The van der Waals surface area contributed by atoms with Gasteiger partial charge in [0.25, 0.3) is 5.91 Å². The molecular formula is C20H25N3O3S2. The quantitative estimate of drug-likeness (QED) is 0.634. The van der Waals surface area contributed by atoms with Gasteiger partial charge in [-0.2, -0.15) is 0 Å². The zero-order chi connectivity index (χ0) is 20.5. The summed E-state index contributed by atoms with van der Waals surface area (Å²) >= 11 is 1.63. The Morgan fingerprint density at radius 2 is 2.00 bits per heavy atom. The minimum Gasteiger partial charge on any atom is -0.343 e. The summed E-state index contributed by atoms with van der Waals surface area (Å²) < 4.78 is 27.8. The summed E-state index contributed by atoms with van der Waals surface area (Å²) in [7, 11) is 1.30. The van der Waals surface area contributed by atoms with Crippen molar-refractivity contribution in [2.45, 2.75) is 30.7 Å². The van der Waals surface area contributed by atoms with Crippen molar-refractivity contribution in [1.29, 1.82) is 0 Å². The molecule has 1 atom stereocenters. The number of carbonyl (C=O) groups is 1. The predicted molar refractivity (Wildman–Crippen MR) is 113 cm³/mol. The highest BCUT2D eigenvalue weighted by atomic mass is 32.2. The molecule has 8 heteroatoms. The van der Waals surface area contributed by atoms with E-state index in [4.69, 9.17) is 0 Å². The zero-order valence-corrected chi connectivity index (χ0v) is 18.1. The first-order valence-corrected chi connectivity index (χ1v) is 11.4. The molecule has 150 valence electrons. The number of aromatic nitrogens is 1. The smallest absolute Gasteiger partial charge is 0.268 e. The Morgan fingerprint density at radius 1 is 1.25 bits per heavy atom. The summed E-state index contributed by atoms with van der Waals surface area (Å²) in [4.78, 5) is 14.3. The monoisotopic (exact) mass is 419 g/mol. The van der Waals surface area contributed by atoms with E-state index in [-0.39, 0.29) is 16.8 Å². The molecule has 0 aliphatic heterocycles. The summed E-state index contributed by atoms with van der Waals surface area (Å²) in [6.07, 6.45) is 1.82.